The van der Waals surface area contributed by atoms with Crippen LogP contribution >= 0.6 is 0 Å². The minimum absolute atomic E-state index is 0.0378. The third-order valence-corrected chi connectivity index (χ3v) is 6.19. The van der Waals surface area contributed by atoms with Gasteiger partial charge in [0.25, 0.3) is 0 Å². The Labute approximate surface area is 173 Å². The van der Waals surface area contributed by atoms with Crippen LogP contribution in [0.3, 0.4) is 0 Å². The van der Waals surface area contributed by atoms with Crippen molar-refractivity contribution in [1.29, 1.82) is 0 Å². The van der Waals surface area contributed by atoms with Gasteiger partial charge in [0.05, 0.1) is 11.3 Å². The molecule has 158 valence electrons. The van der Waals surface area contributed by atoms with Crippen LogP contribution in [0.25, 0.3) is 0 Å². The van der Waals surface area contributed by atoms with Gasteiger partial charge in [-0.1, -0.05) is 12.1 Å². The van der Waals surface area contributed by atoms with Gasteiger partial charge in [-0.2, -0.15) is 0 Å². The van der Waals surface area contributed by atoms with Gasteiger partial charge in [0, 0.05) is 24.8 Å². The van der Waals surface area contributed by atoms with Gasteiger partial charge in [0.2, 0.25) is 0 Å². The van der Waals surface area contributed by atoms with E-state index in [4.69, 9.17) is 9.57 Å². The minimum Gasteiger partial charge on any atom is -0.511 e. The number of fused-ring (bicyclic) bond motifs is 1. The molecule has 1 aliphatic carbocycles. The van der Waals surface area contributed by atoms with E-state index >= 15 is 0 Å². The second-order valence-corrected chi connectivity index (χ2v) is 8.79. The van der Waals surface area contributed by atoms with Gasteiger partial charge in [-0.3, -0.25) is 4.79 Å². The molecular formula is C24H33NO4. The smallest absolute Gasteiger partial charge is 0.168 e. The van der Waals surface area contributed by atoms with Gasteiger partial charge in [-0.15, -0.1) is 0 Å². The van der Waals surface area contributed by atoms with Crippen molar-refractivity contribution in [2.75, 3.05) is 6.61 Å². The molecule has 0 aromatic heterocycles. The van der Waals surface area contributed by atoms with Crippen molar-refractivity contribution in [2.24, 2.45) is 5.16 Å². The molecular weight excluding hydrogens is 366 g/mol. The molecule has 1 heterocycles. The highest BCUT2D eigenvalue weighted by Gasteiger charge is 2.38. The standard InChI is InChI=1S/C24H33NO4/c1-8-18(25-28-9-2)22-19(26)10-16(11-20(22)27)21-13(3)14(4)23-17(15(21)5)12-24(6,7)29-23/h16,26H,8-12H2,1-7H3/b25-18-. The second kappa shape index (κ2) is 7.85. The molecule has 1 atom stereocenters. The molecule has 0 saturated carbocycles. The van der Waals surface area contributed by atoms with Gasteiger partial charge >= 0.3 is 0 Å². The number of aliphatic hydroxyl groups excluding tert-OH is 1. The summed E-state index contributed by atoms with van der Waals surface area (Å²) in [6.45, 7) is 14.7. The quantitative estimate of drug-likeness (QED) is 0.533. The van der Waals surface area contributed by atoms with Crippen molar-refractivity contribution in [3.8, 4) is 5.75 Å². The third kappa shape index (κ3) is 3.79. The minimum atomic E-state index is -0.216. The van der Waals surface area contributed by atoms with E-state index in [1.54, 1.807) is 0 Å². The van der Waals surface area contributed by atoms with Gasteiger partial charge in [-0.25, -0.2) is 0 Å². The van der Waals surface area contributed by atoms with Crippen LogP contribution in [0, 0.1) is 20.8 Å². The van der Waals surface area contributed by atoms with Gasteiger partial charge in [-0.05, 0) is 76.1 Å². The number of allylic oxidation sites excluding steroid dienone is 2. The molecule has 0 bridgehead atoms. The van der Waals surface area contributed by atoms with Crippen LogP contribution < -0.4 is 4.74 Å². The summed E-state index contributed by atoms with van der Waals surface area (Å²) < 4.78 is 6.22. The molecule has 0 radical (unpaired) electrons. The van der Waals surface area contributed by atoms with E-state index < -0.39 is 0 Å². The van der Waals surface area contributed by atoms with Crippen LogP contribution in [-0.2, 0) is 16.1 Å². The lowest BCUT2D eigenvalue weighted by Crippen LogP contribution is -2.25. The number of ether oxygens (including phenoxy) is 1. The number of rotatable bonds is 5. The largest absolute Gasteiger partial charge is 0.511 e. The number of hydrogen-bond acceptors (Lipinski definition) is 5. The average molecular weight is 400 g/mol. The lowest BCUT2D eigenvalue weighted by atomic mass is 9.76. The number of hydrogen-bond donors (Lipinski definition) is 1. The Kier molecular flexibility index (Phi) is 5.79. The molecule has 1 aliphatic heterocycles. The Morgan fingerprint density at radius 2 is 1.86 bits per heavy atom. The third-order valence-electron chi connectivity index (χ3n) is 6.19. The normalized spacial score (nSPS) is 21.3. The predicted molar refractivity (Wildman–Crippen MR) is 115 cm³/mol. The monoisotopic (exact) mass is 399 g/mol. The number of Topliss-reactive ketones (excluding diaryl/α,β-unsaturated/α-hetero) is 1. The zero-order chi connectivity index (χ0) is 21.5. The number of oxime groups is 1. The van der Waals surface area contributed by atoms with Crippen molar-refractivity contribution >= 4 is 11.5 Å². The van der Waals surface area contributed by atoms with E-state index in [1.165, 1.54) is 16.7 Å². The molecule has 2 aliphatic rings. The Morgan fingerprint density at radius 1 is 1.17 bits per heavy atom. The second-order valence-electron chi connectivity index (χ2n) is 8.79. The lowest BCUT2D eigenvalue weighted by Gasteiger charge is -2.28. The van der Waals surface area contributed by atoms with Crippen LogP contribution in [0.1, 0.15) is 80.7 Å². The maximum Gasteiger partial charge on any atom is 0.168 e. The number of ketones is 1. The fourth-order valence-corrected chi connectivity index (χ4v) is 4.77. The molecule has 3 rings (SSSR count). The first-order valence-corrected chi connectivity index (χ1v) is 10.6. The first kappa shape index (κ1) is 21.4. The van der Waals surface area contributed by atoms with Crippen molar-refractivity contribution < 1.29 is 19.5 Å². The summed E-state index contributed by atoms with van der Waals surface area (Å²) in [6, 6.07) is 0. The molecule has 1 aromatic rings. The molecule has 5 nitrogen and oxygen atoms in total. The summed E-state index contributed by atoms with van der Waals surface area (Å²) in [5.74, 6) is 1.02. The van der Waals surface area contributed by atoms with E-state index in [0.29, 0.717) is 37.2 Å². The Morgan fingerprint density at radius 3 is 2.45 bits per heavy atom. The Bertz CT molecular complexity index is 908. The predicted octanol–water partition coefficient (Wildman–Crippen LogP) is 5.39. The van der Waals surface area contributed by atoms with E-state index in [-0.39, 0.29) is 23.1 Å². The SMILES string of the molecule is CCO/N=C(/CC)C1=C(O)CC(c2c(C)c(C)c3c(c2C)CC(C)(C)O3)CC1=O. The summed E-state index contributed by atoms with van der Waals surface area (Å²) in [4.78, 5) is 18.2. The molecule has 0 fully saturated rings. The maximum absolute atomic E-state index is 13.0. The molecule has 1 unspecified atom stereocenters. The van der Waals surface area contributed by atoms with Crippen LogP contribution in [0.4, 0.5) is 0 Å². The highest BCUT2D eigenvalue weighted by molar-refractivity contribution is 6.23. The zero-order valence-electron chi connectivity index (χ0n) is 18.7. The zero-order valence-corrected chi connectivity index (χ0v) is 18.7. The number of aliphatic hydroxyl groups is 1. The molecule has 1 aromatic carbocycles. The molecule has 0 spiro atoms. The van der Waals surface area contributed by atoms with Crippen LogP contribution in [0.5, 0.6) is 5.75 Å². The summed E-state index contributed by atoms with van der Waals surface area (Å²) in [7, 11) is 0. The average Bonchev–Trinajstić information content (AvgIpc) is 2.98. The van der Waals surface area contributed by atoms with Crippen molar-refractivity contribution in [2.45, 2.75) is 85.7 Å². The highest BCUT2D eigenvalue weighted by atomic mass is 16.6. The van der Waals surface area contributed by atoms with Crippen molar-refractivity contribution in [1.82, 2.24) is 0 Å². The molecule has 0 amide bonds. The lowest BCUT2D eigenvalue weighted by molar-refractivity contribution is -0.116. The molecule has 5 heteroatoms. The molecule has 29 heavy (non-hydrogen) atoms. The van der Waals surface area contributed by atoms with Gasteiger partial charge < -0.3 is 14.7 Å². The number of carbonyl (C=O) groups excluding carboxylic acids is 1. The molecule has 0 saturated heterocycles. The highest BCUT2D eigenvalue weighted by Crippen LogP contribution is 2.46. The topological polar surface area (TPSA) is 68.1 Å². The van der Waals surface area contributed by atoms with Crippen molar-refractivity contribution in [3.63, 3.8) is 0 Å². The van der Waals surface area contributed by atoms with Gasteiger partial charge in [0.15, 0.2) is 5.78 Å². The summed E-state index contributed by atoms with van der Waals surface area (Å²) in [6.07, 6.45) is 2.21. The van der Waals surface area contributed by atoms with E-state index in [2.05, 4.69) is 39.8 Å². The summed E-state index contributed by atoms with van der Waals surface area (Å²) >= 11 is 0. The van der Waals surface area contributed by atoms with E-state index in [9.17, 15) is 9.90 Å². The molecule has 1 N–H and O–H groups in total. The fourth-order valence-electron chi connectivity index (χ4n) is 4.77. The van der Waals surface area contributed by atoms with Crippen LogP contribution in [-0.4, -0.2) is 28.8 Å². The Hall–Kier alpha value is -2.30. The summed E-state index contributed by atoms with van der Waals surface area (Å²) in [5, 5.41) is 14.9. The van der Waals surface area contributed by atoms with Gasteiger partial charge in [0.1, 0.15) is 23.7 Å². The number of nitrogens with zero attached hydrogens (tertiary/aromatic N) is 1. The number of benzene rings is 1. The van der Waals surface area contributed by atoms with E-state index in [0.717, 1.165) is 23.3 Å². The van der Waals surface area contributed by atoms with Crippen LogP contribution in [0.15, 0.2) is 16.5 Å². The number of carbonyl (C=O) groups is 1. The van der Waals surface area contributed by atoms with E-state index in [1.807, 2.05) is 13.8 Å². The Balaban J connectivity index is 2.03. The van der Waals surface area contributed by atoms with Crippen molar-refractivity contribution in [3.05, 3.63) is 39.1 Å². The van der Waals surface area contributed by atoms with Crippen LogP contribution in [0.2, 0.25) is 0 Å². The fraction of sp³-hybridized carbons (Fsp3) is 0.583. The maximum atomic E-state index is 13.0. The first-order valence-electron chi connectivity index (χ1n) is 10.6. The summed E-state index contributed by atoms with van der Waals surface area (Å²) in [5.41, 5.74) is 6.57. The first-order chi connectivity index (χ1) is 13.6.